The Hall–Kier alpha value is -1.61. The molecular weight excluding hydrogens is 451 g/mol. The molecule has 148 valence electrons. The number of aryl methyl sites for hydroxylation is 1. The Morgan fingerprint density at radius 3 is 2.52 bits per heavy atom. The third-order valence-corrected chi connectivity index (χ3v) is 4.79. The van der Waals surface area contributed by atoms with E-state index in [1.807, 2.05) is 30.2 Å². The molecule has 3 rings (SSSR count). The van der Waals surface area contributed by atoms with Crippen molar-refractivity contribution in [1.29, 1.82) is 0 Å². The Bertz CT molecular complexity index is 686. The van der Waals surface area contributed by atoms with Gasteiger partial charge in [-0.2, -0.15) is 5.10 Å². The van der Waals surface area contributed by atoms with Crippen molar-refractivity contribution in [2.75, 3.05) is 33.2 Å². The van der Waals surface area contributed by atoms with E-state index in [-0.39, 0.29) is 24.0 Å². The number of hydrogen-bond acceptors (Lipinski definition) is 3. The molecule has 6 nitrogen and oxygen atoms in total. The summed E-state index contributed by atoms with van der Waals surface area (Å²) in [5.41, 5.74) is 3.00. The third kappa shape index (κ3) is 7.14. The fourth-order valence-electron chi connectivity index (χ4n) is 3.36. The first-order chi connectivity index (χ1) is 12.8. The molecule has 2 N–H and O–H groups in total. The molecule has 0 atom stereocenters. The van der Waals surface area contributed by atoms with Crippen molar-refractivity contribution in [2.45, 2.75) is 32.4 Å². The number of nitrogens with zero attached hydrogens (tertiary/aromatic N) is 4. The molecule has 0 amide bonds. The van der Waals surface area contributed by atoms with E-state index in [0.29, 0.717) is 0 Å². The van der Waals surface area contributed by atoms with Crippen LogP contribution in [0.3, 0.4) is 0 Å². The summed E-state index contributed by atoms with van der Waals surface area (Å²) in [6.45, 7) is 6.12. The highest BCUT2D eigenvalue weighted by atomic mass is 127. The zero-order valence-electron chi connectivity index (χ0n) is 16.1. The van der Waals surface area contributed by atoms with Crippen molar-refractivity contribution in [1.82, 2.24) is 25.3 Å². The van der Waals surface area contributed by atoms with E-state index in [1.165, 1.54) is 17.5 Å². The maximum absolute atomic E-state index is 4.30. The molecule has 7 heteroatoms. The van der Waals surface area contributed by atoms with E-state index >= 15 is 0 Å². The second-order valence-electron chi connectivity index (χ2n) is 6.70. The van der Waals surface area contributed by atoms with E-state index in [0.717, 1.165) is 58.1 Å². The van der Waals surface area contributed by atoms with Gasteiger partial charge < -0.3 is 10.6 Å². The first-order valence-electron chi connectivity index (χ1n) is 9.56. The minimum atomic E-state index is 0. The predicted molar refractivity (Wildman–Crippen MR) is 122 cm³/mol. The highest BCUT2D eigenvalue weighted by Crippen LogP contribution is 2.18. The van der Waals surface area contributed by atoms with Crippen LogP contribution in [0.4, 0.5) is 0 Å². The Kier molecular flexibility index (Phi) is 9.61. The van der Waals surface area contributed by atoms with E-state index in [2.05, 4.69) is 49.9 Å². The van der Waals surface area contributed by atoms with Crippen LogP contribution >= 0.6 is 24.0 Å². The summed E-state index contributed by atoms with van der Waals surface area (Å²) in [5, 5.41) is 11.0. The van der Waals surface area contributed by atoms with Gasteiger partial charge in [0.1, 0.15) is 0 Å². The van der Waals surface area contributed by atoms with Crippen molar-refractivity contribution in [2.24, 2.45) is 4.99 Å². The maximum Gasteiger partial charge on any atom is 0.190 e. The average molecular weight is 482 g/mol. The number of rotatable bonds is 8. The Balaban J connectivity index is 0.00000261. The van der Waals surface area contributed by atoms with Crippen LogP contribution in [-0.4, -0.2) is 53.9 Å². The number of aromatic nitrogens is 2. The monoisotopic (exact) mass is 482 g/mol. The van der Waals surface area contributed by atoms with Gasteiger partial charge in [0.15, 0.2) is 5.96 Å². The summed E-state index contributed by atoms with van der Waals surface area (Å²) in [5.74, 6) is 0.884. The summed E-state index contributed by atoms with van der Waals surface area (Å²) in [4.78, 5) is 6.84. The molecule has 0 fully saturated rings. The summed E-state index contributed by atoms with van der Waals surface area (Å²) in [6.07, 6.45) is 7.12. The lowest BCUT2D eigenvalue weighted by Gasteiger charge is -2.28. The Labute approximate surface area is 179 Å². The second-order valence-corrected chi connectivity index (χ2v) is 6.70. The lowest BCUT2D eigenvalue weighted by atomic mass is 10.00. The van der Waals surface area contributed by atoms with Crippen LogP contribution in [0, 0.1) is 0 Å². The van der Waals surface area contributed by atoms with E-state index in [1.54, 1.807) is 0 Å². The zero-order chi connectivity index (χ0) is 18.0. The van der Waals surface area contributed by atoms with Crippen LogP contribution in [0.5, 0.6) is 0 Å². The van der Waals surface area contributed by atoms with Gasteiger partial charge in [0.2, 0.25) is 0 Å². The summed E-state index contributed by atoms with van der Waals surface area (Å²) in [6, 6.07) is 10.8. The lowest BCUT2D eigenvalue weighted by Crippen LogP contribution is -2.39. The molecule has 1 aromatic heterocycles. The molecule has 0 spiro atoms. The molecule has 0 saturated carbocycles. The first kappa shape index (κ1) is 21.7. The molecule has 27 heavy (non-hydrogen) atoms. The Morgan fingerprint density at radius 2 is 1.81 bits per heavy atom. The smallest absolute Gasteiger partial charge is 0.190 e. The maximum atomic E-state index is 4.30. The minimum absolute atomic E-state index is 0. The number of aliphatic imine (C=N–C) groups is 1. The fourth-order valence-corrected chi connectivity index (χ4v) is 3.36. The van der Waals surface area contributed by atoms with Crippen molar-refractivity contribution >= 4 is 29.9 Å². The number of fused-ring (bicyclic) bond motifs is 1. The molecule has 0 saturated heterocycles. The summed E-state index contributed by atoms with van der Waals surface area (Å²) < 4.78 is 1.95. The summed E-state index contributed by atoms with van der Waals surface area (Å²) >= 11 is 0. The number of guanidine groups is 1. The molecule has 1 aliphatic rings. The van der Waals surface area contributed by atoms with Crippen molar-refractivity contribution in [3.05, 3.63) is 53.9 Å². The number of benzene rings is 1. The van der Waals surface area contributed by atoms with E-state index in [4.69, 9.17) is 0 Å². The van der Waals surface area contributed by atoms with E-state index in [9.17, 15) is 0 Å². The van der Waals surface area contributed by atoms with Crippen molar-refractivity contribution in [3.8, 4) is 0 Å². The molecule has 2 aromatic rings. The highest BCUT2D eigenvalue weighted by molar-refractivity contribution is 14.0. The van der Waals surface area contributed by atoms with E-state index < -0.39 is 0 Å². The van der Waals surface area contributed by atoms with Crippen LogP contribution in [-0.2, 0) is 19.5 Å². The Morgan fingerprint density at radius 1 is 1.07 bits per heavy atom. The fraction of sp³-hybridized carbons (Fsp3) is 0.500. The van der Waals surface area contributed by atoms with Crippen LogP contribution in [0.25, 0.3) is 0 Å². The van der Waals surface area contributed by atoms with Gasteiger partial charge in [-0.25, -0.2) is 0 Å². The van der Waals surface area contributed by atoms with Gasteiger partial charge in [-0.3, -0.25) is 14.6 Å². The SMILES string of the molecule is CN=C(NCCCN1CCc2ccccc2C1)NCCCn1cccn1.I. The molecule has 0 radical (unpaired) electrons. The molecule has 1 aliphatic heterocycles. The van der Waals surface area contributed by atoms with Gasteiger partial charge in [0.25, 0.3) is 0 Å². The standard InChI is InChI=1S/C20H30N6.HI/c1-21-20(23-11-5-14-26-15-6-12-24-26)22-10-4-13-25-16-9-18-7-2-3-8-19(18)17-25;/h2-3,6-8,12,15H,4-5,9-11,13-14,16-17H2,1H3,(H2,21,22,23);1H. The minimum Gasteiger partial charge on any atom is -0.356 e. The van der Waals surface area contributed by atoms with Gasteiger partial charge in [-0.05, 0) is 36.5 Å². The lowest BCUT2D eigenvalue weighted by molar-refractivity contribution is 0.251. The van der Waals surface area contributed by atoms with Gasteiger partial charge in [0, 0.05) is 58.7 Å². The zero-order valence-corrected chi connectivity index (χ0v) is 18.4. The normalized spacial score (nSPS) is 14.3. The summed E-state index contributed by atoms with van der Waals surface area (Å²) in [7, 11) is 1.82. The largest absolute Gasteiger partial charge is 0.356 e. The molecule has 1 aromatic carbocycles. The molecular formula is C20H31IN6. The second kappa shape index (κ2) is 12.0. The molecule has 0 aliphatic carbocycles. The van der Waals surface area contributed by atoms with Crippen LogP contribution in [0.15, 0.2) is 47.7 Å². The van der Waals surface area contributed by atoms with Crippen LogP contribution in [0.2, 0.25) is 0 Å². The van der Waals surface area contributed by atoms with Gasteiger partial charge in [0.05, 0.1) is 0 Å². The quantitative estimate of drug-likeness (QED) is 0.263. The number of hydrogen-bond donors (Lipinski definition) is 2. The number of nitrogens with one attached hydrogen (secondary N) is 2. The molecule has 0 unspecified atom stereocenters. The van der Waals surface area contributed by atoms with Crippen LogP contribution in [0.1, 0.15) is 24.0 Å². The number of halogens is 1. The molecule has 0 bridgehead atoms. The van der Waals surface area contributed by atoms with Gasteiger partial charge >= 0.3 is 0 Å². The van der Waals surface area contributed by atoms with Crippen molar-refractivity contribution < 1.29 is 0 Å². The topological polar surface area (TPSA) is 57.5 Å². The van der Waals surface area contributed by atoms with Gasteiger partial charge in [-0.1, -0.05) is 24.3 Å². The van der Waals surface area contributed by atoms with Crippen molar-refractivity contribution in [3.63, 3.8) is 0 Å². The highest BCUT2D eigenvalue weighted by Gasteiger charge is 2.14. The molecule has 2 heterocycles. The van der Waals surface area contributed by atoms with Crippen LogP contribution < -0.4 is 10.6 Å². The van der Waals surface area contributed by atoms with Gasteiger partial charge in [-0.15, -0.1) is 24.0 Å². The predicted octanol–water partition coefficient (Wildman–Crippen LogP) is 2.50. The average Bonchev–Trinajstić information content (AvgIpc) is 3.20. The first-order valence-corrected chi connectivity index (χ1v) is 9.56. The third-order valence-electron chi connectivity index (χ3n) is 4.79.